The van der Waals surface area contributed by atoms with E-state index in [-0.39, 0.29) is 0 Å². The molecule has 0 bridgehead atoms. The highest BCUT2D eigenvalue weighted by atomic mass is 16.3. The summed E-state index contributed by atoms with van der Waals surface area (Å²) in [5.74, 6) is 0.521. The highest BCUT2D eigenvalue weighted by Crippen LogP contribution is 2.30. The summed E-state index contributed by atoms with van der Waals surface area (Å²) in [7, 11) is 0. The van der Waals surface area contributed by atoms with E-state index in [1.54, 1.807) is 0 Å². The lowest BCUT2D eigenvalue weighted by Gasteiger charge is -1.98. The van der Waals surface area contributed by atoms with Gasteiger partial charge in [0.15, 0.2) is 5.58 Å². The van der Waals surface area contributed by atoms with Gasteiger partial charge in [0.1, 0.15) is 5.52 Å². The molecule has 0 unspecified atom stereocenters. The lowest BCUT2D eigenvalue weighted by atomic mass is 10.2. The second kappa shape index (κ2) is 3.77. The summed E-state index contributed by atoms with van der Waals surface area (Å²) in [4.78, 5) is 4.42. The molecular weight excluding hydrogens is 226 g/mol. The van der Waals surface area contributed by atoms with Crippen molar-refractivity contribution in [1.29, 1.82) is 0 Å². The topological polar surface area (TPSA) is 78.1 Å². The van der Waals surface area contributed by atoms with Crippen LogP contribution in [0.4, 0.5) is 11.4 Å². The van der Waals surface area contributed by atoms with Gasteiger partial charge in [0.25, 0.3) is 0 Å². The Morgan fingerprint density at radius 2 is 1.83 bits per heavy atom. The zero-order valence-electron chi connectivity index (χ0n) is 9.97. The number of nitrogen functional groups attached to an aromatic ring is 2. The van der Waals surface area contributed by atoms with Crippen LogP contribution < -0.4 is 11.5 Å². The number of hydrogen-bond donors (Lipinski definition) is 2. The zero-order valence-corrected chi connectivity index (χ0v) is 9.97. The van der Waals surface area contributed by atoms with Crippen LogP contribution in [0.1, 0.15) is 5.56 Å². The summed E-state index contributed by atoms with van der Waals surface area (Å²) < 4.78 is 5.72. The maximum atomic E-state index is 5.91. The maximum absolute atomic E-state index is 5.91. The average molecular weight is 239 g/mol. The van der Waals surface area contributed by atoms with Crippen molar-refractivity contribution in [3.8, 4) is 11.5 Å². The molecule has 3 rings (SSSR count). The second-order valence-corrected chi connectivity index (χ2v) is 4.28. The minimum Gasteiger partial charge on any atom is -0.436 e. The molecule has 2 aromatic carbocycles. The molecule has 0 amide bonds. The number of anilines is 2. The quantitative estimate of drug-likeness (QED) is 0.640. The van der Waals surface area contributed by atoms with Gasteiger partial charge in [0, 0.05) is 11.4 Å². The van der Waals surface area contributed by atoms with Gasteiger partial charge < -0.3 is 15.9 Å². The Labute approximate surface area is 104 Å². The SMILES string of the molecule is Cc1cc2oc(-c3ccccc3N)nc2cc1N. The third-order valence-corrected chi connectivity index (χ3v) is 2.97. The van der Waals surface area contributed by atoms with E-state index in [1.165, 1.54) is 0 Å². The molecule has 0 atom stereocenters. The number of benzene rings is 2. The molecule has 0 fully saturated rings. The number of aryl methyl sites for hydroxylation is 1. The van der Waals surface area contributed by atoms with Crippen LogP contribution in [-0.4, -0.2) is 4.98 Å². The van der Waals surface area contributed by atoms with Crippen molar-refractivity contribution >= 4 is 22.5 Å². The summed E-state index contributed by atoms with van der Waals surface area (Å²) >= 11 is 0. The van der Waals surface area contributed by atoms with Gasteiger partial charge in [-0.15, -0.1) is 0 Å². The third kappa shape index (κ3) is 1.59. The summed E-state index contributed by atoms with van der Waals surface area (Å²) in [6.45, 7) is 1.94. The van der Waals surface area contributed by atoms with Gasteiger partial charge in [-0.3, -0.25) is 0 Å². The molecule has 18 heavy (non-hydrogen) atoms. The van der Waals surface area contributed by atoms with Gasteiger partial charge in [0.2, 0.25) is 5.89 Å². The Balaban J connectivity index is 2.23. The number of para-hydroxylation sites is 1. The van der Waals surface area contributed by atoms with Gasteiger partial charge in [0.05, 0.1) is 5.56 Å². The van der Waals surface area contributed by atoms with E-state index < -0.39 is 0 Å². The summed E-state index contributed by atoms with van der Waals surface area (Å²) in [6, 6.07) is 11.2. The zero-order chi connectivity index (χ0) is 12.7. The van der Waals surface area contributed by atoms with Gasteiger partial charge in [-0.25, -0.2) is 4.98 Å². The highest BCUT2D eigenvalue weighted by molar-refractivity contribution is 5.82. The van der Waals surface area contributed by atoms with Crippen molar-refractivity contribution < 1.29 is 4.42 Å². The lowest BCUT2D eigenvalue weighted by molar-refractivity contribution is 0.620. The van der Waals surface area contributed by atoms with Crippen molar-refractivity contribution in [2.24, 2.45) is 0 Å². The largest absolute Gasteiger partial charge is 0.436 e. The second-order valence-electron chi connectivity index (χ2n) is 4.28. The van der Waals surface area contributed by atoms with E-state index in [0.29, 0.717) is 17.3 Å². The highest BCUT2D eigenvalue weighted by Gasteiger charge is 2.11. The van der Waals surface area contributed by atoms with E-state index >= 15 is 0 Å². The number of fused-ring (bicyclic) bond motifs is 1. The van der Waals surface area contributed by atoms with Crippen molar-refractivity contribution in [2.75, 3.05) is 11.5 Å². The van der Waals surface area contributed by atoms with Gasteiger partial charge in [-0.2, -0.15) is 0 Å². The minimum atomic E-state index is 0.521. The number of hydrogen-bond acceptors (Lipinski definition) is 4. The average Bonchev–Trinajstić information content (AvgIpc) is 2.73. The normalized spacial score (nSPS) is 10.9. The van der Waals surface area contributed by atoms with Crippen LogP contribution in [0.25, 0.3) is 22.6 Å². The van der Waals surface area contributed by atoms with Crippen molar-refractivity contribution in [1.82, 2.24) is 4.98 Å². The predicted molar refractivity (Wildman–Crippen MR) is 73.0 cm³/mol. The molecule has 0 spiro atoms. The first-order chi connectivity index (χ1) is 8.65. The molecule has 90 valence electrons. The molecule has 0 radical (unpaired) electrons. The first-order valence-electron chi connectivity index (χ1n) is 5.66. The Bertz CT molecular complexity index is 692. The minimum absolute atomic E-state index is 0.521. The van der Waals surface area contributed by atoms with E-state index in [1.807, 2.05) is 43.3 Å². The first kappa shape index (κ1) is 10.7. The Kier molecular flexibility index (Phi) is 2.23. The number of nitrogens with zero attached hydrogens (tertiary/aromatic N) is 1. The monoisotopic (exact) mass is 239 g/mol. The number of aromatic nitrogens is 1. The van der Waals surface area contributed by atoms with E-state index in [0.717, 1.165) is 22.2 Å². The molecular formula is C14H13N3O. The number of rotatable bonds is 1. The van der Waals surface area contributed by atoms with Crippen LogP contribution in [0.15, 0.2) is 40.8 Å². The van der Waals surface area contributed by atoms with Gasteiger partial charge >= 0.3 is 0 Å². The molecule has 4 heteroatoms. The van der Waals surface area contributed by atoms with Crippen LogP contribution in [0.3, 0.4) is 0 Å². The van der Waals surface area contributed by atoms with Crippen LogP contribution in [-0.2, 0) is 0 Å². The molecule has 4 nitrogen and oxygen atoms in total. The summed E-state index contributed by atoms with van der Waals surface area (Å²) in [5.41, 5.74) is 16.4. The molecule has 1 heterocycles. The lowest BCUT2D eigenvalue weighted by Crippen LogP contribution is -1.89. The van der Waals surface area contributed by atoms with E-state index in [4.69, 9.17) is 15.9 Å². The van der Waals surface area contributed by atoms with Crippen molar-refractivity contribution in [3.63, 3.8) is 0 Å². The van der Waals surface area contributed by atoms with Crippen LogP contribution >= 0.6 is 0 Å². The molecule has 4 N–H and O–H groups in total. The van der Waals surface area contributed by atoms with E-state index in [2.05, 4.69) is 4.98 Å². The molecule has 0 aliphatic rings. The Morgan fingerprint density at radius 3 is 2.61 bits per heavy atom. The van der Waals surface area contributed by atoms with Crippen molar-refractivity contribution in [3.05, 3.63) is 42.0 Å². The van der Waals surface area contributed by atoms with E-state index in [9.17, 15) is 0 Å². The Morgan fingerprint density at radius 1 is 1.06 bits per heavy atom. The summed E-state index contributed by atoms with van der Waals surface area (Å²) in [6.07, 6.45) is 0. The van der Waals surface area contributed by atoms with Gasteiger partial charge in [-0.05, 0) is 36.8 Å². The van der Waals surface area contributed by atoms with Crippen LogP contribution in [0.2, 0.25) is 0 Å². The molecule has 0 saturated carbocycles. The first-order valence-corrected chi connectivity index (χ1v) is 5.66. The molecule has 3 aromatic rings. The third-order valence-electron chi connectivity index (χ3n) is 2.97. The molecule has 0 saturated heterocycles. The maximum Gasteiger partial charge on any atom is 0.229 e. The fourth-order valence-electron chi connectivity index (χ4n) is 1.90. The van der Waals surface area contributed by atoms with Crippen LogP contribution in [0, 0.1) is 6.92 Å². The van der Waals surface area contributed by atoms with Crippen LogP contribution in [0.5, 0.6) is 0 Å². The summed E-state index contributed by atoms with van der Waals surface area (Å²) in [5, 5.41) is 0. The standard InChI is InChI=1S/C14H13N3O/c1-8-6-13-12(7-11(8)16)17-14(18-13)9-4-2-3-5-10(9)15/h2-7H,15-16H2,1H3. The van der Waals surface area contributed by atoms with Crippen molar-refractivity contribution in [2.45, 2.75) is 6.92 Å². The molecule has 1 aromatic heterocycles. The molecule has 0 aliphatic carbocycles. The number of nitrogens with two attached hydrogens (primary N) is 2. The number of oxazole rings is 1. The predicted octanol–water partition coefficient (Wildman–Crippen LogP) is 2.97. The van der Waals surface area contributed by atoms with Gasteiger partial charge in [-0.1, -0.05) is 12.1 Å². The fourth-order valence-corrected chi connectivity index (χ4v) is 1.90. The smallest absolute Gasteiger partial charge is 0.229 e. The molecule has 0 aliphatic heterocycles. The fraction of sp³-hybridized carbons (Fsp3) is 0.0714. The Hall–Kier alpha value is -2.49.